The summed E-state index contributed by atoms with van der Waals surface area (Å²) in [5, 5.41) is 0. The van der Waals surface area contributed by atoms with Gasteiger partial charge in [0.2, 0.25) is 5.91 Å². The molecule has 8 nitrogen and oxygen atoms in total. The quantitative estimate of drug-likeness (QED) is 0.606. The van der Waals surface area contributed by atoms with E-state index < -0.39 is 0 Å². The number of nitrogens with zero attached hydrogens (tertiary/aromatic N) is 4. The number of hydrogen-bond acceptors (Lipinski definition) is 7. The molecule has 8 heteroatoms. The molecular weight excluding hydrogens is 432 g/mol. The molecule has 0 saturated carbocycles. The van der Waals surface area contributed by atoms with Crippen molar-refractivity contribution >= 4 is 23.3 Å². The highest BCUT2D eigenvalue weighted by Gasteiger charge is 2.28. The minimum atomic E-state index is -0.326. The molecule has 0 bridgehead atoms. The lowest BCUT2D eigenvalue weighted by atomic mass is 10.1. The van der Waals surface area contributed by atoms with Crippen molar-refractivity contribution in [2.45, 2.75) is 13.0 Å². The largest absolute Gasteiger partial charge is 0.497 e. The fourth-order valence-corrected chi connectivity index (χ4v) is 4.67. The minimum absolute atomic E-state index is 0.206. The highest BCUT2D eigenvalue weighted by molar-refractivity contribution is 5.89. The molecule has 2 saturated heterocycles. The second kappa shape index (κ2) is 10.8. The molecule has 4 rings (SSSR count). The van der Waals surface area contributed by atoms with Gasteiger partial charge in [0.1, 0.15) is 5.75 Å². The number of benzene rings is 2. The van der Waals surface area contributed by atoms with Crippen LogP contribution in [0.2, 0.25) is 0 Å². The summed E-state index contributed by atoms with van der Waals surface area (Å²) in [4.78, 5) is 33.6. The Hall–Kier alpha value is -3.26. The summed E-state index contributed by atoms with van der Waals surface area (Å²) in [5.41, 5.74) is 2.80. The first-order chi connectivity index (χ1) is 16.5. The summed E-state index contributed by atoms with van der Waals surface area (Å²) in [6, 6.07) is 15.9. The Morgan fingerprint density at radius 1 is 0.824 bits per heavy atom. The van der Waals surface area contributed by atoms with E-state index in [-0.39, 0.29) is 17.9 Å². The monoisotopic (exact) mass is 466 g/mol. The predicted octanol–water partition coefficient (Wildman–Crippen LogP) is 2.34. The normalized spacial score (nSPS) is 19.1. The van der Waals surface area contributed by atoms with Crippen LogP contribution in [0.25, 0.3) is 0 Å². The number of hydrogen-bond donors (Lipinski definition) is 0. The van der Waals surface area contributed by atoms with Gasteiger partial charge < -0.3 is 24.2 Å². The van der Waals surface area contributed by atoms with Crippen molar-refractivity contribution in [2.24, 2.45) is 0 Å². The van der Waals surface area contributed by atoms with E-state index >= 15 is 0 Å². The van der Waals surface area contributed by atoms with Gasteiger partial charge in [0, 0.05) is 63.2 Å². The van der Waals surface area contributed by atoms with Gasteiger partial charge in [0.15, 0.2) is 0 Å². The van der Waals surface area contributed by atoms with E-state index in [2.05, 4.69) is 33.8 Å². The Bertz CT molecular complexity index is 971. The van der Waals surface area contributed by atoms with E-state index in [1.54, 1.807) is 19.2 Å². The van der Waals surface area contributed by atoms with Crippen molar-refractivity contribution in [3.05, 3.63) is 54.1 Å². The van der Waals surface area contributed by atoms with Gasteiger partial charge in [-0.25, -0.2) is 4.79 Å². The maximum absolute atomic E-state index is 13.0. The van der Waals surface area contributed by atoms with E-state index in [1.165, 1.54) is 7.11 Å². The lowest BCUT2D eigenvalue weighted by Gasteiger charge is -2.42. The summed E-state index contributed by atoms with van der Waals surface area (Å²) >= 11 is 0. The number of amides is 1. The van der Waals surface area contributed by atoms with Crippen LogP contribution in [0.15, 0.2) is 48.5 Å². The lowest BCUT2D eigenvalue weighted by Crippen LogP contribution is -2.56. The van der Waals surface area contributed by atoms with Crippen molar-refractivity contribution in [3.8, 4) is 5.75 Å². The molecule has 2 aliphatic heterocycles. The number of carbonyl (C=O) groups is 2. The first-order valence-corrected chi connectivity index (χ1v) is 11.8. The molecule has 1 amide bonds. The Kier molecular flexibility index (Phi) is 7.57. The number of methoxy groups -OCH3 is 2. The second-order valence-electron chi connectivity index (χ2n) is 8.87. The Labute approximate surface area is 201 Å². The summed E-state index contributed by atoms with van der Waals surface area (Å²) in [6.45, 7) is 8.31. The standard InChI is InChI=1S/C26H34N4O4/c1-20-18-30(23-6-4-21(5-7-23)26(32)34-3)17-16-29(20)19-25(31)28-14-12-27(13-15-28)22-8-10-24(33-2)11-9-22/h4-11,20H,12-19H2,1-3H3. The van der Waals surface area contributed by atoms with E-state index in [9.17, 15) is 9.59 Å². The van der Waals surface area contributed by atoms with Crippen molar-refractivity contribution in [3.63, 3.8) is 0 Å². The fraction of sp³-hybridized carbons (Fsp3) is 0.462. The van der Waals surface area contributed by atoms with Gasteiger partial charge >= 0.3 is 5.97 Å². The average molecular weight is 467 g/mol. The predicted molar refractivity (Wildman–Crippen MR) is 133 cm³/mol. The molecule has 0 N–H and O–H groups in total. The molecule has 0 spiro atoms. The smallest absolute Gasteiger partial charge is 0.337 e. The molecule has 1 atom stereocenters. The van der Waals surface area contributed by atoms with Gasteiger partial charge in [-0.3, -0.25) is 9.69 Å². The van der Waals surface area contributed by atoms with Gasteiger partial charge in [-0.1, -0.05) is 0 Å². The first-order valence-electron chi connectivity index (χ1n) is 11.8. The highest BCUT2D eigenvalue weighted by atomic mass is 16.5. The van der Waals surface area contributed by atoms with Crippen molar-refractivity contribution in [2.75, 3.05) is 76.4 Å². The molecule has 0 aromatic heterocycles. The topological polar surface area (TPSA) is 65.6 Å². The second-order valence-corrected chi connectivity index (χ2v) is 8.87. The maximum atomic E-state index is 13.0. The third kappa shape index (κ3) is 5.44. The van der Waals surface area contributed by atoms with Gasteiger partial charge in [-0.15, -0.1) is 0 Å². The molecule has 2 heterocycles. The zero-order valence-corrected chi connectivity index (χ0v) is 20.3. The van der Waals surface area contributed by atoms with Crippen LogP contribution in [0.5, 0.6) is 5.75 Å². The maximum Gasteiger partial charge on any atom is 0.337 e. The fourth-order valence-electron chi connectivity index (χ4n) is 4.67. The van der Waals surface area contributed by atoms with Crippen LogP contribution in [-0.4, -0.2) is 94.3 Å². The zero-order chi connectivity index (χ0) is 24.1. The Balaban J connectivity index is 1.25. The van der Waals surface area contributed by atoms with Crippen LogP contribution < -0.4 is 14.5 Å². The van der Waals surface area contributed by atoms with E-state index in [4.69, 9.17) is 9.47 Å². The van der Waals surface area contributed by atoms with Crippen LogP contribution in [0.3, 0.4) is 0 Å². The van der Waals surface area contributed by atoms with Crippen molar-refractivity contribution in [1.29, 1.82) is 0 Å². The van der Waals surface area contributed by atoms with E-state index in [0.29, 0.717) is 12.1 Å². The lowest BCUT2D eigenvalue weighted by molar-refractivity contribution is -0.133. The van der Waals surface area contributed by atoms with Gasteiger partial charge in [-0.2, -0.15) is 0 Å². The number of rotatable bonds is 6. The number of ether oxygens (including phenoxy) is 2. The molecule has 1 unspecified atom stereocenters. The number of esters is 1. The zero-order valence-electron chi connectivity index (χ0n) is 20.3. The third-order valence-electron chi connectivity index (χ3n) is 6.83. The van der Waals surface area contributed by atoms with Crippen LogP contribution in [0, 0.1) is 0 Å². The molecule has 34 heavy (non-hydrogen) atoms. The van der Waals surface area contributed by atoms with Crippen LogP contribution in [-0.2, 0) is 9.53 Å². The summed E-state index contributed by atoms with van der Waals surface area (Å²) in [5.74, 6) is 0.732. The van der Waals surface area contributed by atoms with Crippen molar-refractivity contribution < 1.29 is 19.1 Å². The molecule has 2 aromatic carbocycles. The molecule has 2 fully saturated rings. The Morgan fingerprint density at radius 3 is 2.00 bits per heavy atom. The molecule has 2 aliphatic rings. The first kappa shape index (κ1) is 23.9. The Morgan fingerprint density at radius 2 is 1.41 bits per heavy atom. The van der Waals surface area contributed by atoms with Crippen LogP contribution in [0.1, 0.15) is 17.3 Å². The highest BCUT2D eigenvalue weighted by Crippen LogP contribution is 2.22. The van der Waals surface area contributed by atoms with E-state index in [1.807, 2.05) is 29.2 Å². The average Bonchev–Trinajstić information content (AvgIpc) is 2.89. The summed E-state index contributed by atoms with van der Waals surface area (Å²) in [7, 11) is 3.06. The van der Waals surface area contributed by atoms with Crippen LogP contribution in [0.4, 0.5) is 11.4 Å². The number of anilines is 2. The van der Waals surface area contributed by atoms with Crippen LogP contribution >= 0.6 is 0 Å². The molecule has 2 aromatic rings. The van der Waals surface area contributed by atoms with Crippen molar-refractivity contribution in [1.82, 2.24) is 9.80 Å². The summed E-state index contributed by atoms with van der Waals surface area (Å²) < 4.78 is 10.0. The minimum Gasteiger partial charge on any atom is -0.497 e. The van der Waals surface area contributed by atoms with Gasteiger partial charge in [0.05, 0.1) is 26.3 Å². The van der Waals surface area contributed by atoms with Gasteiger partial charge in [0.25, 0.3) is 0 Å². The third-order valence-corrected chi connectivity index (χ3v) is 6.83. The molecule has 0 radical (unpaired) electrons. The number of carbonyl (C=O) groups excluding carboxylic acids is 2. The molecular formula is C26H34N4O4. The SMILES string of the molecule is COC(=O)c1ccc(N2CCN(CC(=O)N3CCN(c4ccc(OC)cc4)CC3)C(C)C2)cc1. The van der Waals surface area contributed by atoms with Gasteiger partial charge in [-0.05, 0) is 55.5 Å². The number of piperazine rings is 2. The summed E-state index contributed by atoms with van der Waals surface area (Å²) in [6.07, 6.45) is 0. The molecule has 0 aliphatic carbocycles. The molecule has 182 valence electrons. The van der Waals surface area contributed by atoms with E-state index in [0.717, 1.165) is 62.9 Å².